The van der Waals surface area contributed by atoms with Crippen molar-refractivity contribution in [3.05, 3.63) is 23.8 Å². The second kappa shape index (κ2) is 6.93. The monoisotopic (exact) mass is 340 g/mol. The molecule has 2 fully saturated rings. The molecule has 0 aromatic heterocycles. The third-order valence-electron chi connectivity index (χ3n) is 5.07. The number of ether oxygens (including phenoxy) is 2. The molecule has 1 spiro atoms. The Morgan fingerprint density at radius 3 is 2.58 bits per heavy atom. The molecule has 132 valence electrons. The number of alkyl halides is 2. The van der Waals surface area contributed by atoms with Gasteiger partial charge in [0.1, 0.15) is 0 Å². The first-order valence-corrected chi connectivity index (χ1v) is 8.16. The molecule has 2 heterocycles. The first kappa shape index (κ1) is 17.0. The molecule has 0 unspecified atom stereocenters. The van der Waals surface area contributed by atoms with Crippen molar-refractivity contribution < 1.29 is 23.0 Å². The summed E-state index contributed by atoms with van der Waals surface area (Å²) < 4.78 is 34.2. The number of methoxy groups -OCH3 is 1. The van der Waals surface area contributed by atoms with Gasteiger partial charge in [0.25, 0.3) is 5.91 Å². The third-order valence-corrected chi connectivity index (χ3v) is 5.07. The molecule has 24 heavy (non-hydrogen) atoms. The van der Waals surface area contributed by atoms with Crippen LogP contribution in [0, 0.1) is 5.41 Å². The molecule has 2 aliphatic heterocycles. The summed E-state index contributed by atoms with van der Waals surface area (Å²) in [6, 6.07) is 4.32. The van der Waals surface area contributed by atoms with Crippen LogP contribution in [-0.4, -0.2) is 50.7 Å². The van der Waals surface area contributed by atoms with Gasteiger partial charge in [0.05, 0.1) is 7.11 Å². The van der Waals surface area contributed by atoms with Crippen molar-refractivity contribution in [2.24, 2.45) is 5.41 Å². The van der Waals surface area contributed by atoms with Gasteiger partial charge in [0, 0.05) is 25.2 Å². The highest BCUT2D eigenvalue weighted by atomic mass is 19.3. The number of piperidine rings is 1. The summed E-state index contributed by atoms with van der Waals surface area (Å²) in [5, 5.41) is 3.40. The predicted octanol–water partition coefficient (Wildman–Crippen LogP) is 2.51. The average Bonchev–Trinajstić information content (AvgIpc) is 3.03. The fourth-order valence-corrected chi connectivity index (χ4v) is 3.58. The van der Waals surface area contributed by atoms with Crippen molar-refractivity contribution in [3.8, 4) is 11.5 Å². The summed E-state index contributed by atoms with van der Waals surface area (Å²) in [5.74, 6) is -0.0361. The molecule has 2 saturated heterocycles. The van der Waals surface area contributed by atoms with Gasteiger partial charge >= 0.3 is 6.61 Å². The third kappa shape index (κ3) is 3.45. The van der Waals surface area contributed by atoms with Crippen LogP contribution in [0.5, 0.6) is 11.5 Å². The Balaban J connectivity index is 1.69. The zero-order valence-corrected chi connectivity index (χ0v) is 13.7. The van der Waals surface area contributed by atoms with E-state index in [9.17, 15) is 13.6 Å². The molecule has 0 atom stereocenters. The molecular formula is C17H22F2N2O3. The maximum atomic E-state index is 12.7. The van der Waals surface area contributed by atoms with Gasteiger partial charge in [-0.05, 0) is 49.4 Å². The second-order valence-electron chi connectivity index (χ2n) is 6.46. The van der Waals surface area contributed by atoms with Gasteiger partial charge in [-0.3, -0.25) is 4.79 Å². The number of nitrogens with one attached hydrogen (secondary N) is 1. The van der Waals surface area contributed by atoms with Crippen LogP contribution in [0.2, 0.25) is 0 Å². The summed E-state index contributed by atoms with van der Waals surface area (Å²) >= 11 is 0. The number of halogens is 2. The molecular weight excluding hydrogens is 318 g/mol. The van der Waals surface area contributed by atoms with Crippen LogP contribution in [-0.2, 0) is 0 Å². The van der Waals surface area contributed by atoms with E-state index in [1.165, 1.54) is 31.7 Å². The average molecular weight is 340 g/mol. The summed E-state index contributed by atoms with van der Waals surface area (Å²) in [4.78, 5) is 14.5. The zero-order valence-electron chi connectivity index (χ0n) is 13.7. The van der Waals surface area contributed by atoms with E-state index in [4.69, 9.17) is 4.74 Å². The van der Waals surface area contributed by atoms with Crippen LogP contribution in [0.25, 0.3) is 0 Å². The molecule has 0 radical (unpaired) electrons. The first-order chi connectivity index (χ1) is 11.5. The fraction of sp³-hybridized carbons (Fsp3) is 0.588. The van der Waals surface area contributed by atoms with E-state index >= 15 is 0 Å². The number of carbonyl (C=O) groups excluding carboxylic acids is 1. The summed E-state index contributed by atoms with van der Waals surface area (Å²) in [5.41, 5.74) is 0.762. The Bertz CT molecular complexity index is 593. The molecule has 1 N–H and O–H groups in total. The summed E-state index contributed by atoms with van der Waals surface area (Å²) in [6.45, 7) is 0.592. The maximum Gasteiger partial charge on any atom is 0.387 e. The van der Waals surface area contributed by atoms with E-state index in [0.717, 1.165) is 39.0 Å². The van der Waals surface area contributed by atoms with E-state index < -0.39 is 6.61 Å². The minimum atomic E-state index is -2.93. The zero-order chi connectivity index (χ0) is 17.2. The minimum absolute atomic E-state index is 0.0707. The molecule has 0 aliphatic carbocycles. The number of benzene rings is 1. The van der Waals surface area contributed by atoms with Gasteiger partial charge in [-0.25, -0.2) is 0 Å². The van der Waals surface area contributed by atoms with Crippen LogP contribution in [0.3, 0.4) is 0 Å². The van der Waals surface area contributed by atoms with Gasteiger partial charge in [0.2, 0.25) is 0 Å². The van der Waals surface area contributed by atoms with Crippen molar-refractivity contribution in [1.82, 2.24) is 10.2 Å². The van der Waals surface area contributed by atoms with Crippen LogP contribution in [0.1, 0.15) is 29.6 Å². The molecule has 1 aromatic rings. The molecule has 1 amide bonds. The Morgan fingerprint density at radius 1 is 1.25 bits per heavy atom. The standard InChI is InChI=1S/C17H22F2N2O3/c1-23-14-10-12(2-3-13(14)24-16(18)19)15(22)21-8-5-17(6-9-21)4-7-20-11-17/h2-3,10,16,20H,4-9,11H2,1H3. The molecule has 3 rings (SSSR count). The fourth-order valence-electron chi connectivity index (χ4n) is 3.58. The van der Waals surface area contributed by atoms with Gasteiger partial charge in [0.15, 0.2) is 11.5 Å². The summed E-state index contributed by atoms with van der Waals surface area (Å²) in [6.07, 6.45) is 3.16. The Kier molecular flexibility index (Phi) is 4.89. The Labute approximate surface area is 139 Å². The highest BCUT2D eigenvalue weighted by Crippen LogP contribution is 2.37. The van der Waals surface area contributed by atoms with Gasteiger partial charge < -0.3 is 19.7 Å². The Morgan fingerprint density at radius 2 is 2.00 bits per heavy atom. The van der Waals surface area contributed by atoms with Gasteiger partial charge in [-0.15, -0.1) is 0 Å². The second-order valence-corrected chi connectivity index (χ2v) is 6.46. The summed E-state index contributed by atoms with van der Waals surface area (Å²) in [7, 11) is 1.36. The number of hydrogen-bond donors (Lipinski definition) is 1. The SMILES string of the molecule is COc1cc(C(=O)N2CCC3(CCNC3)CC2)ccc1OC(F)F. The first-order valence-electron chi connectivity index (χ1n) is 8.16. The van der Waals surface area contributed by atoms with Crippen molar-refractivity contribution in [2.45, 2.75) is 25.9 Å². The molecule has 0 saturated carbocycles. The molecule has 7 heteroatoms. The van der Waals surface area contributed by atoms with Crippen molar-refractivity contribution >= 4 is 5.91 Å². The van der Waals surface area contributed by atoms with E-state index in [2.05, 4.69) is 10.1 Å². The van der Waals surface area contributed by atoms with E-state index in [-0.39, 0.29) is 17.4 Å². The topological polar surface area (TPSA) is 50.8 Å². The van der Waals surface area contributed by atoms with Crippen molar-refractivity contribution in [2.75, 3.05) is 33.3 Å². The maximum absolute atomic E-state index is 12.7. The lowest BCUT2D eigenvalue weighted by molar-refractivity contribution is -0.0512. The minimum Gasteiger partial charge on any atom is -0.493 e. The van der Waals surface area contributed by atoms with E-state index in [0.29, 0.717) is 11.0 Å². The smallest absolute Gasteiger partial charge is 0.387 e. The lowest BCUT2D eigenvalue weighted by atomic mass is 9.78. The van der Waals surface area contributed by atoms with E-state index in [1.807, 2.05) is 4.90 Å². The number of amides is 1. The number of rotatable bonds is 4. The van der Waals surface area contributed by atoms with Crippen LogP contribution < -0.4 is 14.8 Å². The number of nitrogens with zero attached hydrogens (tertiary/aromatic N) is 1. The molecule has 1 aromatic carbocycles. The highest BCUT2D eigenvalue weighted by molar-refractivity contribution is 5.95. The number of likely N-dealkylation sites (tertiary alicyclic amines) is 1. The predicted molar refractivity (Wildman–Crippen MR) is 84.7 cm³/mol. The van der Waals surface area contributed by atoms with Crippen LogP contribution >= 0.6 is 0 Å². The normalized spacial score (nSPS) is 19.8. The van der Waals surface area contributed by atoms with Crippen molar-refractivity contribution in [1.29, 1.82) is 0 Å². The lowest BCUT2D eigenvalue weighted by Crippen LogP contribution is -2.44. The largest absolute Gasteiger partial charge is 0.493 e. The molecule has 0 bridgehead atoms. The Hall–Kier alpha value is -1.89. The molecule has 5 nitrogen and oxygen atoms in total. The number of carbonyl (C=O) groups is 1. The highest BCUT2D eigenvalue weighted by Gasteiger charge is 2.38. The quantitative estimate of drug-likeness (QED) is 0.915. The van der Waals surface area contributed by atoms with Crippen molar-refractivity contribution in [3.63, 3.8) is 0 Å². The number of hydrogen-bond acceptors (Lipinski definition) is 4. The van der Waals surface area contributed by atoms with E-state index in [1.54, 1.807) is 0 Å². The lowest BCUT2D eigenvalue weighted by Gasteiger charge is -2.39. The van der Waals surface area contributed by atoms with Gasteiger partial charge in [-0.1, -0.05) is 0 Å². The van der Waals surface area contributed by atoms with Crippen LogP contribution in [0.15, 0.2) is 18.2 Å². The van der Waals surface area contributed by atoms with Crippen LogP contribution in [0.4, 0.5) is 8.78 Å². The molecule has 2 aliphatic rings. The van der Waals surface area contributed by atoms with Gasteiger partial charge in [-0.2, -0.15) is 8.78 Å².